The van der Waals surface area contributed by atoms with Crippen LogP contribution in [0.5, 0.6) is 0 Å². The predicted molar refractivity (Wildman–Crippen MR) is 70.5 cm³/mol. The molecule has 18 heavy (non-hydrogen) atoms. The first-order chi connectivity index (χ1) is 8.29. The Balaban J connectivity index is 2.48. The number of halogens is 1. The third kappa shape index (κ3) is 4.93. The highest BCUT2D eigenvalue weighted by Gasteiger charge is 2.09. The van der Waals surface area contributed by atoms with Gasteiger partial charge in [-0.25, -0.2) is 13.2 Å². The minimum Gasteiger partial charge on any atom is -0.462 e. The Bertz CT molecular complexity index is 542. The molecule has 5 nitrogen and oxygen atoms in total. The van der Waals surface area contributed by atoms with Crippen LogP contribution in [0.15, 0.2) is 18.2 Å². The number of hydrogen-bond donors (Lipinski definition) is 1. The molecular formula is C11H14ClNO4S. The van der Waals surface area contributed by atoms with Crippen LogP contribution < -0.4 is 5.73 Å². The van der Waals surface area contributed by atoms with Crippen LogP contribution in [0.25, 0.3) is 0 Å². The van der Waals surface area contributed by atoms with Gasteiger partial charge in [-0.2, -0.15) is 0 Å². The van der Waals surface area contributed by atoms with Crippen molar-refractivity contribution >= 4 is 33.1 Å². The fourth-order valence-corrected chi connectivity index (χ4v) is 2.05. The van der Waals surface area contributed by atoms with Crippen LogP contribution in [0.4, 0.5) is 5.69 Å². The van der Waals surface area contributed by atoms with Crippen LogP contribution in [-0.2, 0) is 14.6 Å². The fraction of sp³-hybridized carbons (Fsp3) is 0.364. The van der Waals surface area contributed by atoms with Crippen LogP contribution in [-0.4, -0.2) is 33.0 Å². The molecule has 7 heteroatoms. The van der Waals surface area contributed by atoms with Crippen molar-refractivity contribution in [3.8, 4) is 0 Å². The minimum absolute atomic E-state index is 0.0111. The molecule has 1 aromatic carbocycles. The molecule has 0 unspecified atom stereocenters. The normalized spacial score (nSPS) is 11.2. The SMILES string of the molecule is CS(=O)(=O)CCCOC(=O)c1ccc(N)c(Cl)c1. The second-order valence-corrected chi connectivity index (χ2v) is 6.52. The molecule has 0 heterocycles. The van der Waals surface area contributed by atoms with Crippen LogP contribution in [0, 0.1) is 0 Å². The number of esters is 1. The van der Waals surface area contributed by atoms with Gasteiger partial charge in [-0.05, 0) is 24.6 Å². The number of rotatable bonds is 5. The molecule has 0 atom stereocenters. The molecule has 2 N–H and O–H groups in total. The molecule has 1 rings (SSSR count). The monoisotopic (exact) mass is 291 g/mol. The second kappa shape index (κ2) is 6.06. The van der Waals surface area contributed by atoms with Gasteiger partial charge in [-0.1, -0.05) is 11.6 Å². The van der Waals surface area contributed by atoms with E-state index in [1.54, 1.807) is 0 Å². The molecule has 1 aromatic rings. The topological polar surface area (TPSA) is 86.5 Å². The lowest BCUT2D eigenvalue weighted by atomic mass is 10.2. The number of anilines is 1. The van der Waals surface area contributed by atoms with Gasteiger partial charge in [0.25, 0.3) is 0 Å². The van der Waals surface area contributed by atoms with Gasteiger partial charge in [0, 0.05) is 6.26 Å². The number of ether oxygens (including phenoxy) is 1. The largest absolute Gasteiger partial charge is 0.462 e. The highest BCUT2D eigenvalue weighted by molar-refractivity contribution is 7.90. The van der Waals surface area contributed by atoms with Crippen LogP contribution in [0.1, 0.15) is 16.8 Å². The highest BCUT2D eigenvalue weighted by Crippen LogP contribution is 2.20. The quantitative estimate of drug-likeness (QED) is 0.505. The Labute approximate surface area is 111 Å². The average Bonchev–Trinajstić information content (AvgIpc) is 2.26. The number of carbonyl (C=O) groups excluding carboxylic acids is 1. The lowest BCUT2D eigenvalue weighted by Crippen LogP contribution is -2.11. The maximum Gasteiger partial charge on any atom is 0.338 e. The molecule has 0 aromatic heterocycles. The van der Waals surface area contributed by atoms with Crippen molar-refractivity contribution in [1.82, 2.24) is 0 Å². The average molecular weight is 292 g/mol. The van der Waals surface area contributed by atoms with E-state index in [0.29, 0.717) is 5.69 Å². The summed E-state index contributed by atoms with van der Waals surface area (Å²) < 4.78 is 26.6. The summed E-state index contributed by atoms with van der Waals surface area (Å²) in [7, 11) is -3.03. The molecule has 0 fully saturated rings. The summed E-state index contributed by atoms with van der Waals surface area (Å²) in [6, 6.07) is 4.42. The summed E-state index contributed by atoms with van der Waals surface area (Å²) in [6.07, 6.45) is 1.40. The van der Waals surface area contributed by atoms with E-state index < -0.39 is 15.8 Å². The van der Waals surface area contributed by atoms with Gasteiger partial charge in [0.1, 0.15) is 9.84 Å². The van der Waals surface area contributed by atoms with Gasteiger partial charge >= 0.3 is 5.97 Å². The van der Waals surface area contributed by atoms with E-state index in [1.165, 1.54) is 18.2 Å². The van der Waals surface area contributed by atoms with Gasteiger partial charge in [-0.15, -0.1) is 0 Å². The predicted octanol–water partition coefficient (Wildman–Crippen LogP) is 1.51. The van der Waals surface area contributed by atoms with E-state index in [9.17, 15) is 13.2 Å². The summed E-state index contributed by atoms with van der Waals surface area (Å²) in [6.45, 7) is 0.0495. The third-order valence-electron chi connectivity index (χ3n) is 2.13. The molecule has 0 bridgehead atoms. The first-order valence-electron chi connectivity index (χ1n) is 5.19. The third-order valence-corrected chi connectivity index (χ3v) is 3.49. The van der Waals surface area contributed by atoms with Crippen molar-refractivity contribution in [2.45, 2.75) is 6.42 Å². The molecule has 0 aliphatic heterocycles. The van der Waals surface area contributed by atoms with Gasteiger partial charge in [0.2, 0.25) is 0 Å². The van der Waals surface area contributed by atoms with E-state index in [-0.39, 0.29) is 29.4 Å². The van der Waals surface area contributed by atoms with Crippen molar-refractivity contribution in [1.29, 1.82) is 0 Å². The minimum atomic E-state index is -3.03. The zero-order valence-corrected chi connectivity index (χ0v) is 11.4. The summed E-state index contributed by atoms with van der Waals surface area (Å²) in [5.41, 5.74) is 6.17. The van der Waals surface area contributed by atoms with Gasteiger partial charge < -0.3 is 10.5 Å². The van der Waals surface area contributed by atoms with Crippen molar-refractivity contribution in [2.24, 2.45) is 0 Å². The highest BCUT2D eigenvalue weighted by atomic mass is 35.5. The Morgan fingerprint density at radius 2 is 2.11 bits per heavy atom. The molecule has 100 valence electrons. The Kier molecular flexibility index (Phi) is 4.98. The lowest BCUT2D eigenvalue weighted by Gasteiger charge is -2.05. The van der Waals surface area contributed by atoms with E-state index in [4.69, 9.17) is 22.1 Å². The molecular weight excluding hydrogens is 278 g/mol. The van der Waals surface area contributed by atoms with Gasteiger partial charge in [-0.3, -0.25) is 0 Å². The zero-order valence-electron chi connectivity index (χ0n) is 9.85. The number of benzene rings is 1. The van der Waals surface area contributed by atoms with Crippen LogP contribution in [0.2, 0.25) is 5.02 Å². The van der Waals surface area contributed by atoms with E-state index in [1.807, 2.05) is 0 Å². The standard InChI is InChI=1S/C11H14ClNO4S/c1-18(15,16)6-2-5-17-11(14)8-3-4-10(13)9(12)7-8/h3-4,7H,2,5-6,13H2,1H3. The van der Waals surface area contributed by atoms with Gasteiger partial charge in [0.15, 0.2) is 0 Å². The molecule has 0 aliphatic rings. The molecule has 0 saturated heterocycles. The molecule has 0 saturated carbocycles. The van der Waals surface area contributed by atoms with Gasteiger partial charge in [0.05, 0.1) is 28.6 Å². The number of hydrogen-bond acceptors (Lipinski definition) is 5. The Morgan fingerprint density at radius 1 is 1.44 bits per heavy atom. The fourth-order valence-electron chi connectivity index (χ4n) is 1.22. The Morgan fingerprint density at radius 3 is 2.67 bits per heavy atom. The van der Waals surface area contributed by atoms with E-state index >= 15 is 0 Å². The Hall–Kier alpha value is -1.27. The maximum absolute atomic E-state index is 11.6. The molecule has 0 aliphatic carbocycles. The van der Waals surface area contributed by atoms with E-state index in [2.05, 4.69) is 0 Å². The number of carbonyl (C=O) groups is 1. The first-order valence-corrected chi connectivity index (χ1v) is 7.63. The summed E-state index contributed by atoms with van der Waals surface area (Å²) in [5.74, 6) is -0.562. The zero-order chi connectivity index (χ0) is 13.8. The van der Waals surface area contributed by atoms with Crippen LogP contribution >= 0.6 is 11.6 Å². The van der Waals surface area contributed by atoms with E-state index in [0.717, 1.165) is 6.26 Å². The molecule has 0 amide bonds. The van der Waals surface area contributed by atoms with Crippen LogP contribution in [0.3, 0.4) is 0 Å². The lowest BCUT2D eigenvalue weighted by molar-refractivity contribution is 0.0506. The second-order valence-electron chi connectivity index (χ2n) is 3.86. The molecule has 0 radical (unpaired) electrons. The number of nitrogen functional groups attached to an aromatic ring is 1. The summed E-state index contributed by atoms with van der Waals surface area (Å²) >= 11 is 5.77. The first kappa shape index (κ1) is 14.8. The van der Waals surface area contributed by atoms with Crippen molar-refractivity contribution < 1.29 is 17.9 Å². The van der Waals surface area contributed by atoms with Crippen molar-refractivity contribution in [3.05, 3.63) is 28.8 Å². The maximum atomic E-state index is 11.6. The number of sulfone groups is 1. The molecule has 0 spiro atoms. The van der Waals surface area contributed by atoms with Crippen molar-refractivity contribution in [3.63, 3.8) is 0 Å². The summed E-state index contributed by atoms with van der Waals surface area (Å²) in [5, 5.41) is 0.278. The van der Waals surface area contributed by atoms with Crippen molar-refractivity contribution in [2.75, 3.05) is 24.3 Å². The smallest absolute Gasteiger partial charge is 0.338 e. The number of nitrogens with two attached hydrogens (primary N) is 1. The summed E-state index contributed by atoms with van der Waals surface area (Å²) in [4.78, 5) is 11.6.